The molecular formula is C16H20N4O3S. The average molecular weight is 348 g/mol. The average Bonchev–Trinajstić information content (AvgIpc) is 3.02. The first-order valence-corrected chi connectivity index (χ1v) is 9.36. The van der Waals surface area contributed by atoms with Gasteiger partial charge >= 0.3 is 0 Å². The van der Waals surface area contributed by atoms with Crippen LogP contribution in [0.25, 0.3) is 0 Å². The van der Waals surface area contributed by atoms with Gasteiger partial charge in [0.25, 0.3) is 0 Å². The molecule has 1 atom stereocenters. The molecule has 1 aromatic carbocycles. The molecule has 24 heavy (non-hydrogen) atoms. The Labute approximate surface area is 140 Å². The molecule has 2 aromatic rings. The van der Waals surface area contributed by atoms with E-state index >= 15 is 0 Å². The molecule has 1 amide bonds. The minimum atomic E-state index is -3.66. The first-order chi connectivity index (χ1) is 11.4. The maximum atomic E-state index is 12.3. The van der Waals surface area contributed by atoms with Crippen molar-refractivity contribution < 1.29 is 13.2 Å². The number of carbonyl (C=O) groups is 1. The Morgan fingerprint density at radius 2 is 2.08 bits per heavy atom. The van der Waals surface area contributed by atoms with Crippen LogP contribution >= 0.6 is 0 Å². The van der Waals surface area contributed by atoms with Crippen molar-refractivity contribution in [3.63, 3.8) is 0 Å². The molecule has 1 aliphatic heterocycles. The first kappa shape index (κ1) is 16.7. The molecule has 3 rings (SSSR count). The van der Waals surface area contributed by atoms with Gasteiger partial charge in [0.2, 0.25) is 15.9 Å². The zero-order chi connectivity index (χ0) is 17.2. The van der Waals surface area contributed by atoms with E-state index in [0.29, 0.717) is 13.0 Å². The standard InChI is InChI=1S/C16H20N4O3S/c17-24(22,23)15-3-1-12(2-4-15)5-7-19-16(21)13-6-8-20-11-18-10-14(20)9-13/h1-4,10-11,13H,5-9H2,(H,19,21)(H2,17,22,23). The Morgan fingerprint density at radius 1 is 1.33 bits per heavy atom. The van der Waals surface area contributed by atoms with Crippen molar-refractivity contribution in [3.8, 4) is 0 Å². The summed E-state index contributed by atoms with van der Waals surface area (Å²) in [6.45, 7) is 1.34. The van der Waals surface area contributed by atoms with E-state index in [0.717, 1.165) is 30.6 Å². The van der Waals surface area contributed by atoms with Crippen molar-refractivity contribution in [1.29, 1.82) is 0 Å². The lowest BCUT2D eigenvalue weighted by atomic mass is 9.95. The number of benzene rings is 1. The summed E-state index contributed by atoms with van der Waals surface area (Å²) in [5, 5.41) is 8.02. The summed E-state index contributed by atoms with van der Waals surface area (Å²) in [4.78, 5) is 16.5. The van der Waals surface area contributed by atoms with Crippen LogP contribution in [0, 0.1) is 5.92 Å². The number of carbonyl (C=O) groups excluding carboxylic acids is 1. The number of primary sulfonamides is 1. The number of rotatable bonds is 5. The second-order valence-corrected chi connectivity index (χ2v) is 7.56. The molecule has 0 saturated heterocycles. The number of imidazole rings is 1. The van der Waals surface area contributed by atoms with Gasteiger partial charge in [-0.1, -0.05) is 12.1 Å². The number of aromatic nitrogens is 2. The van der Waals surface area contributed by atoms with Crippen molar-refractivity contribution >= 4 is 15.9 Å². The van der Waals surface area contributed by atoms with Gasteiger partial charge in [0.15, 0.2) is 0 Å². The van der Waals surface area contributed by atoms with E-state index in [-0.39, 0.29) is 16.7 Å². The van der Waals surface area contributed by atoms with Gasteiger partial charge in [0.05, 0.1) is 11.2 Å². The van der Waals surface area contributed by atoms with Crippen LogP contribution in [0.3, 0.4) is 0 Å². The highest BCUT2D eigenvalue weighted by Crippen LogP contribution is 2.19. The molecule has 7 nitrogen and oxygen atoms in total. The topological polar surface area (TPSA) is 107 Å². The Kier molecular flexibility index (Phi) is 4.68. The predicted molar refractivity (Wildman–Crippen MR) is 88.6 cm³/mol. The molecule has 0 spiro atoms. The number of nitrogens with two attached hydrogens (primary N) is 1. The Hall–Kier alpha value is -2.19. The Bertz CT molecular complexity index is 827. The van der Waals surface area contributed by atoms with Crippen LogP contribution in [0.2, 0.25) is 0 Å². The van der Waals surface area contributed by atoms with Crippen molar-refractivity contribution in [1.82, 2.24) is 14.9 Å². The molecule has 1 aliphatic rings. The van der Waals surface area contributed by atoms with Crippen LogP contribution in [-0.2, 0) is 34.2 Å². The van der Waals surface area contributed by atoms with Crippen molar-refractivity contribution in [2.75, 3.05) is 6.54 Å². The van der Waals surface area contributed by atoms with Gasteiger partial charge in [-0.05, 0) is 30.5 Å². The number of fused-ring (bicyclic) bond motifs is 1. The SMILES string of the molecule is NS(=O)(=O)c1ccc(CCNC(=O)C2CCn3cncc3C2)cc1. The first-order valence-electron chi connectivity index (χ1n) is 7.82. The van der Waals surface area contributed by atoms with Crippen LogP contribution < -0.4 is 10.5 Å². The maximum Gasteiger partial charge on any atom is 0.238 e. The fourth-order valence-corrected chi connectivity index (χ4v) is 3.43. The van der Waals surface area contributed by atoms with Crippen LogP contribution in [-0.4, -0.2) is 30.4 Å². The Balaban J connectivity index is 1.49. The van der Waals surface area contributed by atoms with Gasteiger partial charge in [0.1, 0.15) is 0 Å². The molecular weight excluding hydrogens is 328 g/mol. The summed E-state index contributed by atoms with van der Waals surface area (Å²) in [6.07, 6.45) is 5.79. The summed E-state index contributed by atoms with van der Waals surface area (Å²) in [6, 6.07) is 6.39. The quantitative estimate of drug-likeness (QED) is 0.818. The van der Waals surface area contributed by atoms with E-state index in [1.54, 1.807) is 18.5 Å². The molecule has 128 valence electrons. The van der Waals surface area contributed by atoms with Crippen LogP contribution in [0.5, 0.6) is 0 Å². The molecule has 0 fully saturated rings. The normalized spacial score (nSPS) is 17.3. The van der Waals surface area contributed by atoms with E-state index in [4.69, 9.17) is 5.14 Å². The maximum absolute atomic E-state index is 12.3. The third kappa shape index (κ3) is 3.82. The van der Waals surface area contributed by atoms with Gasteiger partial charge in [-0.2, -0.15) is 0 Å². The van der Waals surface area contributed by atoms with Gasteiger partial charge < -0.3 is 9.88 Å². The molecule has 0 saturated carbocycles. The molecule has 1 unspecified atom stereocenters. The summed E-state index contributed by atoms with van der Waals surface area (Å²) < 4.78 is 24.5. The highest BCUT2D eigenvalue weighted by atomic mass is 32.2. The van der Waals surface area contributed by atoms with E-state index in [1.807, 2.05) is 6.20 Å². The number of hydrogen-bond acceptors (Lipinski definition) is 4. The van der Waals surface area contributed by atoms with Crippen LogP contribution in [0.15, 0.2) is 41.7 Å². The summed E-state index contributed by atoms with van der Waals surface area (Å²) in [5.41, 5.74) is 2.05. The highest BCUT2D eigenvalue weighted by Gasteiger charge is 2.24. The highest BCUT2D eigenvalue weighted by molar-refractivity contribution is 7.89. The van der Waals surface area contributed by atoms with Gasteiger partial charge in [-0.25, -0.2) is 18.5 Å². The van der Waals surface area contributed by atoms with Crippen molar-refractivity contribution in [2.45, 2.75) is 30.7 Å². The lowest BCUT2D eigenvalue weighted by Crippen LogP contribution is -2.36. The fraction of sp³-hybridized carbons (Fsp3) is 0.375. The zero-order valence-corrected chi connectivity index (χ0v) is 14.0. The lowest BCUT2D eigenvalue weighted by Gasteiger charge is -2.23. The largest absolute Gasteiger partial charge is 0.356 e. The van der Waals surface area contributed by atoms with E-state index in [9.17, 15) is 13.2 Å². The van der Waals surface area contributed by atoms with Crippen molar-refractivity contribution in [3.05, 3.63) is 48.0 Å². The molecule has 3 N–H and O–H groups in total. The zero-order valence-electron chi connectivity index (χ0n) is 13.2. The van der Waals surface area contributed by atoms with E-state index < -0.39 is 10.0 Å². The minimum Gasteiger partial charge on any atom is -0.356 e. The summed E-state index contributed by atoms with van der Waals surface area (Å²) in [5.74, 6) is 0.0440. The fourth-order valence-electron chi connectivity index (χ4n) is 2.91. The molecule has 2 heterocycles. The van der Waals surface area contributed by atoms with Gasteiger partial charge in [-0.15, -0.1) is 0 Å². The van der Waals surface area contributed by atoms with Crippen molar-refractivity contribution in [2.24, 2.45) is 11.1 Å². The third-order valence-corrected chi connectivity index (χ3v) is 5.24. The van der Waals surface area contributed by atoms with Crippen LogP contribution in [0.1, 0.15) is 17.7 Å². The second-order valence-electron chi connectivity index (χ2n) is 6.00. The van der Waals surface area contributed by atoms with Gasteiger partial charge in [-0.3, -0.25) is 4.79 Å². The minimum absolute atomic E-state index is 0.0149. The molecule has 8 heteroatoms. The number of aryl methyl sites for hydroxylation is 1. The molecule has 0 aliphatic carbocycles. The Morgan fingerprint density at radius 3 is 2.79 bits per heavy atom. The number of hydrogen-bond donors (Lipinski definition) is 2. The second kappa shape index (κ2) is 6.74. The smallest absolute Gasteiger partial charge is 0.238 e. The lowest BCUT2D eigenvalue weighted by molar-refractivity contribution is -0.125. The molecule has 1 aromatic heterocycles. The number of nitrogens with zero attached hydrogens (tertiary/aromatic N) is 2. The number of amides is 1. The predicted octanol–water partition coefficient (Wildman–Crippen LogP) is 0.452. The monoisotopic (exact) mass is 348 g/mol. The summed E-state index contributed by atoms with van der Waals surface area (Å²) >= 11 is 0. The molecule has 0 bridgehead atoms. The van der Waals surface area contributed by atoms with Crippen LogP contribution in [0.4, 0.5) is 0 Å². The van der Waals surface area contributed by atoms with Gasteiger partial charge in [0, 0.05) is 37.3 Å². The molecule has 0 radical (unpaired) electrons. The van der Waals surface area contributed by atoms with E-state index in [1.165, 1.54) is 12.1 Å². The number of sulfonamides is 1. The number of nitrogens with one attached hydrogen (secondary N) is 1. The summed E-state index contributed by atoms with van der Waals surface area (Å²) in [7, 11) is -3.66. The third-order valence-electron chi connectivity index (χ3n) is 4.31. The van der Waals surface area contributed by atoms with E-state index in [2.05, 4.69) is 14.9 Å².